The zero-order chi connectivity index (χ0) is 17.2. The predicted molar refractivity (Wildman–Crippen MR) is 99.8 cm³/mol. The van der Waals surface area contributed by atoms with Crippen LogP contribution in [0, 0.1) is 6.92 Å². The first kappa shape index (κ1) is 15.2. The van der Waals surface area contributed by atoms with Gasteiger partial charge in [0.05, 0.1) is 17.9 Å². The summed E-state index contributed by atoms with van der Waals surface area (Å²) in [7, 11) is 0. The van der Waals surface area contributed by atoms with Crippen LogP contribution in [0.2, 0.25) is 0 Å². The molecule has 0 atom stereocenters. The number of hydrogen-bond donors (Lipinski definition) is 2. The largest absolute Gasteiger partial charge is 0.379 e. The van der Waals surface area contributed by atoms with Crippen molar-refractivity contribution in [1.29, 1.82) is 0 Å². The summed E-state index contributed by atoms with van der Waals surface area (Å²) in [5, 5.41) is 6.41. The topological polar surface area (TPSA) is 62.2 Å². The first-order valence-corrected chi connectivity index (χ1v) is 8.17. The molecule has 0 amide bonds. The molecule has 25 heavy (non-hydrogen) atoms. The van der Waals surface area contributed by atoms with Crippen LogP contribution < -0.4 is 10.9 Å². The Hall–Kier alpha value is -3.34. The van der Waals surface area contributed by atoms with E-state index in [-0.39, 0.29) is 5.56 Å². The molecule has 124 valence electrons. The number of anilines is 1. The molecule has 0 aliphatic carbocycles. The summed E-state index contributed by atoms with van der Waals surface area (Å²) in [5.74, 6) is 0. The van der Waals surface area contributed by atoms with Crippen molar-refractivity contribution >= 4 is 11.3 Å². The van der Waals surface area contributed by atoms with Crippen LogP contribution in [0.4, 0.5) is 5.69 Å². The van der Waals surface area contributed by atoms with Gasteiger partial charge in [0.15, 0.2) is 5.65 Å². The molecule has 2 N–H and O–H groups in total. The Morgan fingerprint density at radius 1 is 1.04 bits per heavy atom. The van der Waals surface area contributed by atoms with Crippen LogP contribution in [0.3, 0.4) is 0 Å². The summed E-state index contributed by atoms with van der Waals surface area (Å²) >= 11 is 0. The summed E-state index contributed by atoms with van der Waals surface area (Å²) in [6, 6.07) is 21.5. The number of hydrogen-bond acceptors (Lipinski definition) is 3. The molecule has 0 saturated heterocycles. The Kier molecular flexibility index (Phi) is 3.82. The Bertz CT molecular complexity index is 1060. The molecule has 0 radical (unpaired) electrons. The van der Waals surface area contributed by atoms with Crippen LogP contribution in [0.1, 0.15) is 11.3 Å². The fourth-order valence-corrected chi connectivity index (χ4v) is 2.76. The number of nitrogens with one attached hydrogen (secondary N) is 2. The van der Waals surface area contributed by atoms with Gasteiger partial charge in [-0.05, 0) is 24.6 Å². The van der Waals surface area contributed by atoms with Gasteiger partial charge >= 0.3 is 0 Å². The third kappa shape index (κ3) is 3.17. The molecule has 2 heterocycles. The van der Waals surface area contributed by atoms with Gasteiger partial charge in [-0.3, -0.25) is 9.89 Å². The fourth-order valence-electron chi connectivity index (χ4n) is 2.76. The van der Waals surface area contributed by atoms with Crippen molar-refractivity contribution in [1.82, 2.24) is 14.6 Å². The van der Waals surface area contributed by atoms with E-state index in [0.717, 1.165) is 16.9 Å². The van der Waals surface area contributed by atoms with Crippen LogP contribution in [0.15, 0.2) is 71.5 Å². The second-order valence-electron chi connectivity index (χ2n) is 6.03. The summed E-state index contributed by atoms with van der Waals surface area (Å²) in [5.41, 5.74) is 5.32. The SMILES string of the molecule is Cc1ccc(NCc2cc(=O)n3[nH]c(-c4ccccc4)cc3n2)cc1. The van der Waals surface area contributed by atoms with Gasteiger partial charge in [0, 0.05) is 17.8 Å². The third-order valence-electron chi connectivity index (χ3n) is 4.11. The van der Waals surface area contributed by atoms with Crippen LogP contribution in [0.5, 0.6) is 0 Å². The number of benzene rings is 2. The van der Waals surface area contributed by atoms with E-state index in [1.165, 1.54) is 10.1 Å². The lowest BCUT2D eigenvalue weighted by Crippen LogP contribution is -2.16. The Labute approximate surface area is 145 Å². The maximum Gasteiger partial charge on any atom is 0.272 e. The van der Waals surface area contributed by atoms with Gasteiger partial charge in [0.25, 0.3) is 5.56 Å². The van der Waals surface area contributed by atoms with E-state index in [9.17, 15) is 4.79 Å². The number of rotatable bonds is 4. The van der Waals surface area contributed by atoms with Crippen molar-refractivity contribution < 1.29 is 0 Å². The molecule has 0 bridgehead atoms. The fraction of sp³-hybridized carbons (Fsp3) is 0.100. The van der Waals surface area contributed by atoms with Gasteiger partial charge in [0.2, 0.25) is 0 Å². The van der Waals surface area contributed by atoms with Gasteiger partial charge in [-0.1, -0.05) is 48.0 Å². The van der Waals surface area contributed by atoms with E-state index in [0.29, 0.717) is 17.9 Å². The second-order valence-corrected chi connectivity index (χ2v) is 6.03. The minimum atomic E-state index is -0.118. The maximum absolute atomic E-state index is 12.4. The molecule has 5 heteroatoms. The van der Waals surface area contributed by atoms with Crippen molar-refractivity contribution in [3.63, 3.8) is 0 Å². The molecule has 0 unspecified atom stereocenters. The highest BCUT2D eigenvalue weighted by atomic mass is 16.1. The Morgan fingerprint density at radius 2 is 1.80 bits per heavy atom. The molecule has 0 saturated carbocycles. The van der Waals surface area contributed by atoms with Crippen molar-refractivity contribution in [2.75, 3.05) is 5.32 Å². The normalized spacial score (nSPS) is 10.9. The van der Waals surface area contributed by atoms with E-state index in [4.69, 9.17) is 0 Å². The quantitative estimate of drug-likeness (QED) is 0.601. The molecular formula is C20H18N4O. The second kappa shape index (κ2) is 6.28. The maximum atomic E-state index is 12.4. The summed E-state index contributed by atoms with van der Waals surface area (Å²) in [4.78, 5) is 16.9. The Balaban J connectivity index is 1.62. The van der Waals surface area contributed by atoms with E-state index in [2.05, 4.69) is 22.3 Å². The van der Waals surface area contributed by atoms with Crippen molar-refractivity contribution in [2.24, 2.45) is 0 Å². The summed E-state index contributed by atoms with van der Waals surface area (Å²) in [6.07, 6.45) is 0. The molecule has 0 aliphatic heterocycles. The average molecular weight is 330 g/mol. The minimum Gasteiger partial charge on any atom is -0.379 e. The van der Waals surface area contributed by atoms with Gasteiger partial charge in [0.1, 0.15) is 0 Å². The first-order valence-electron chi connectivity index (χ1n) is 8.17. The predicted octanol–water partition coefficient (Wildman–Crippen LogP) is 3.61. The molecule has 4 rings (SSSR count). The number of aromatic amines is 1. The minimum absolute atomic E-state index is 0.118. The molecule has 4 aromatic rings. The molecule has 0 fully saturated rings. The standard InChI is InChI=1S/C20H18N4O/c1-14-7-9-16(10-8-14)21-13-17-11-20(25)24-19(22-17)12-18(23-24)15-5-3-2-4-6-15/h2-12,21,23H,13H2,1H3. The highest BCUT2D eigenvalue weighted by Gasteiger charge is 2.07. The lowest BCUT2D eigenvalue weighted by atomic mass is 10.2. The van der Waals surface area contributed by atoms with E-state index in [1.54, 1.807) is 6.07 Å². The van der Waals surface area contributed by atoms with Crippen LogP contribution in [-0.2, 0) is 6.54 Å². The van der Waals surface area contributed by atoms with E-state index < -0.39 is 0 Å². The molecule has 0 spiro atoms. The molecular weight excluding hydrogens is 312 g/mol. The zero-order valence-corrected chi connectivity index (χ0v) is 13.9. The highest BCUT2D eigenvalue weighted by molar-refractivity contribution is 5.63. The summed E-state index contributed by atoms with van der Waals surface area (Å²) in [6.45, 7) is 2.55. The monoisotopic (exact) mass is 330 g/mol. The first-order chi connectivity index (χ1) is 12.2. The lowest BCUT2D eigenvalue weighted by molar-refractivity contribution is 0.880. The van der Waals surface area contributed by atoms with Gasteiger partial charge < -0.3 is 5.32 Å². The highest BCUT2D eigenvalue weighted by Crippen LogP contribution is 2.18. The van der Waals surface area contributed by atoms with Gasteiger partial charge in [-0.15, -0.1) is 0 Å². The van der Waals surface area contributed by atoms with Crippen LogP contribution in [-0.4, -0.2) is 14.6 Å². The van der Waals surface area contributed by atoms with E-state index in [1.807, 2.05) is 60.7 Å². The van der Waals surface area contributed by atoms with Gasteiger partial charge in [-0.25, -0.2) is 9.50 Å². The van der Waals surface area contributed by atoms with Crippen molar-refractivity contribution in [3.05, 3.63) is 88.3 Å². The van der Waals surface area contributed by atoms with E-state index >= 15 is 0 Å². The van der Waals surface area contributed by atoms with Crippen molar-refractivity contribution in [3.8, 4) is 11.3 Å². The summed E-state index contributed by atoms with van der Waals surface area (Å²) < 4.78 is 1.47. The molecule has 5 nitrogen and oxygen atoms in total. The number of nitrogens with zero attached hydrogens (tertiary/aromatic N) is 2. The number of fused-ring (bicyclic) bond motifs is 1. The smallest absolute Gasteiger partial charge is 0.272 e. The van der Waals surface area contributed by atoms with Crippen LogP contribution >= 0.6 is 0 Å². The lowest BCUT2D eigenvalue weighted by Gasteiger charge is -2.06. The van der Waals surface area contributed by atoms with Gasteiger partial charge in [-0.2, -0.15) is 0 Å². The average Bonchev–Trinajstić information content (AvgIpc) is 3.07. The third-order valence-corrected chi connectivity index (χ3v) is 4.11. The Morgan fingerprint density at radius 3 is 2.56 bits per heavy atom. The molecule has 2 aromatic heterocycles. The molecule has 0 aliphatic rings. The number of H-pyrrole nitrogens is 1. The van der Waals surface area contributed by atoms with Crippen molar-refractivity contribution in [2.45, 2.75) is 13.5 Å². The van der Waals surface area contributed by atoms with Crippen LogP contribution in [0.25, 0.3) is 16.9 Å². The number of aryl methyl sites for hydroxylation is 1. The zero-order valence-electron chi connectivity index (χ0n) is 13.9. The molecule has 2 aromatic carbocycles. The number of aromatic nitrogens is 3.